The van der Waals surface area contributed by atoms with Crippen molar-refractivity contribution in [2.24, 2.45) is 0 Å². The Labute approximate surface area is 194 Å². The van der Waals surface area contributed by atoms with E-state index in [0.717, 1.165) is 5.56 Å². The molecule has 1 fully saturated rings. The molecule has 166 valence electrons. The summed E-state index contributed by atoms with van der Waals surface area (Å²) >= 11 is 6.21. The number of benzene rings is 2. The first-order valence-electron chi connectivity index (χ1n) is 10.3. The highest BCUT2D eigenvalue weighted by Crippen LogP contribution is 2.43. The normalized spacial score (nSPS) is 19.1. The highest BCUT2D eigenvalue weighted by Gasteiger charge is 2.48. The molecular formula is C25H19ClN2O5. The predicted molar refractivity (Wildman–Crippen MR) is 123 cm³/mol. The van der Waals surface area contributed by atoms with Gasteiger partial charge in [-0.1, -0.05) is 23.7 Å². The maximum atomic E-state index is 13.2. The topological polar surface area (TPSA) is 89.0 Å². The minimum atomic E-state index is -0.934. The predicted octanol–water partition coefficient (Wildman–Crippen LogP) is 4.44. The first-order valence-corrected chi connectivity index (χ1v) is 10.7. The summed E-state index contributed by atoms with van der Waals surface area (Å²) in [6.07, 6.45) is 1.57. The zero-order valence-electron chi connectivity index (χ0n) is 17.6. The van der Waals surface area contributed by atoms with Crippen LogP contribution in [0.3, 0.4) is 0 Å². The zero-order chi connectivity index (χ0) is 23.1. The van der Waals surface area contributed by atoms with Crippen molar-refractivity contribution >= 4 is 34.7 Å². The van der Waals surface area contributed by atoms with E-state index in [1.165, 1.54) is 4.90 Å². The fourth-order valence-electron chi connectivity index (χ4n) is 4.09. The third-order valence-electron chi connectivity index (χ3n) is 5.66. The number of aliphatic hydroxyl groups is 1. The molecule has 1 N–H and O–H groups in total. The van der Waals surface area contributed by atoms with Crippen molar-refractivity contribution in [2.75, 3.05) is 18.1 Å². The van der Waals surface area contributed by atoms with Gasteiger partial charge >= 0.3 is 0 Å². The Balaban J connectivity index is 1.71. The molecule has 1 aromatic heterocycles. The van der Waals surface area contributed by atoms with Gasteiger partial charge < -0.3 is 14.6 Å². The molecule has 33 heavy (non-hydrogen) atoms. The Kier molecular flexibility index (Phi) is 5.26. The number of Topliss-reactive ketones (excluding diaryl/α,β-unsaturated/α-hetero) is 1. The molecule has 7 nitrogen and oxygen atoms in total. The van der Waals surface area contributed by atoms with Gasteiger partial charge in [0, 0.05) is 22.5 Å². The Morgan fingerprint density at radius 2 is 1.85 bits per heavy atom. The van der Waals surface area contributed by atoms with E-state index in [1.54, 1.807) is 60.8 Å². The van der Waals surface area contributed by atoms with Gasteiger partial charge in [0.1, 0.15) is 25.0 Å². The summed E-state index contributed by atoms with van der Waals surface area (Å²) in [5, 5.41) is 11.7. The molecule has 3 aromatic rings. The number of carbonyl (C=O) groups excluding carboxylic acids is 2. The molecule has 0 radical (unpaired) electrons. The second-order valence-corrected chi connectivity index (χ2v) is 8.15. The van der Waals surface area contributed by atoms with Crippen molar-refractivity contribution in [3.05, 3.63) is 88.2 Å². The molecule has 3 heterocycles. The van der Waals surface area contributed by atoms with E-state index in [-0.39, 0.29) is 11.3 Å². The number of ether oxygens (including phenoxy) is 2. The SMILES string of the molecule is Cc1ccc(Cl)cc1N1C(=O)C(=O)/C(=C(\O)c2ccc3c(c2)OCCO3)C1c1ccccn1. The molecule has 1 saturated heterocycles. The summed E-state index contributed by atoms with van der Waals surface area (Å²) in [7, 11) is 0. The second-order valence-electron chi connectivity index (χ2n) is 7.71. The molecule has 0 bridgehead atoms. The van der Waals surface area contributed by atoms with Gasteiger partial charge in [-0.2, -0.15) is 0 Å². The van der Waals surface area contributed by atoms with E-state index in [9.17, 15) is 14.7 Å². The Hall–Kier alpha value is -3.84. The van der Waals surface area contributed by atoms with Gasteiger partial charge in [-0.25, -0.2) is 0 Å². The molecule has 1 amide bonds. The van der Waals surface area contributed by atoms with Crippen molar-refractivity contribution < 1.29 is 24.2 Å². The standard InChI is InChI=1S/C25H19ClN2O5/c1-14-5-7-16(26)13-18(14)28-22(17-4-2-3-9-27-17)21(24(30)25(28)31)23(29)15-6-8-19-20(12-15)33-11-10-32-19/h2-9,12-13,22,29H,10-11H2,1H3/b23-21-. The Morgan fingerprint density at radius 3 is 2.61 bits per heavy atom. The van der Waals surface area contributed by atoms with Gasteiger partial charge in [0.2, 0.25) is 0 Å². The van der Waals surface area contributed by atoms with Gasteiger partial charge in [-0.15, -0.1) is 0 Å². The summed E-state index contributed by atoms with van der Waals surface area (Å²) in [5.74, 6) is -0.885. The highest BCUT2D eigenvalue weighted by molar-refractivity contribution is 6.52. The third kappa shape index (κ3) is 3.60. The Bertz CT molecular complexity index is 1310. The number of aryl methyl sites for hydroxylation is 1. The number of aliphatic hydroxyl groups excluding tert-OH is 1. The molecule has 5 rings (SSSR count). The number of hydrogen-bond donors (Lipinski definition) is 1. The van der Waals surface area contributed by atoms with Crippen LogP contribution in [0.2, 0.25) is 5.02 Å². The van der Waals surface area contributed by atoms with Crippen LogP contribution in [0.5, 0.6) is 11.5 Å². The lowest BCUT2D eigenvalue weighted by Crippen LogP contribution is -2.30. The van der Waals surface area contributed by atoms with Crippen molar-refractivity contribution in [3.8, 4) is 11.5 Å². The monoisotopic (exact) mass is 462 g/mol. The molecule has 0 aliphatic carbocycles. The smallest absolute Gasteiger partial charge is 0.300 e. The quantitative estimate of drug-likeness (QED) is 0.351. The number of halogens is 1. The van der Waals surface area contributed by atoms with Gasteiger partial charge in [-0.05, 0) is 55.0 Å². The molecule has 2 aliphatic rings. The van der Waals surface area contributed by atoms with Crippen LogP contribution in [0, 0.1) is 6.92 Å². The highest BCUT2D eigenvalue weighted by atomic mass is 35.5. The van der Waals surface area contributed by atoms with E-state index >= 15 is 0 Å². The molecule has 2 aromatic carbocycles. The van der Waals surface area contributed by atoms with Crippen LogP contribution in [0.1, 0.15) is 22.9 Å². The van der Waals surface area contributed by atoms with E-state index in [1.807, 2.05) is 6.92 Å². The van der Waals surface area contributed by atoms with E-state index in [0.29, 0.717) is 46.7 Å². The average molecular weight is 463 g/mol. The summed E-state index contributed by atoms with van der Waals surface area (Å²) in [4.78, 5) is 32.2. The van der Waals surface area contributed by atoms with Crippen LogP contribution in [0.4, 0.5) is 5.69 Å². The lowest BCUT2D eigenvalue weighted by Gasteiger charge is -2.26. The van der Waals surface area contributed by atoms with Crippen LogP contribution in [0.25, 0.3) is 5.76 Å². The van der Waals surface area contributed by atoms with Crippen molar-refractivity contribution in [1.82, 2.24) is 4.98 Å². The van der Waals surface area contributed by atoms with Gasteiger partial charge in [0.05, 0.1) is 11.3 Å². The van der Waals surface area contributed by atoms with Crippen LogP contribution >= 0.6 is 11.6 Å². The summed E-state index contributed by atoms with van der Waals surface area (Å²) in [5.41, 5.74) is 1.94. The van der Waals surface area contributed by atoms with Crippen LogP contribution in [0.15, 0.2) is 66.4 Å². The van der Waals surface area contributed by atoms with Gasteiger partial charge in [-0.3, -0.25) is 19.5 Å². The number of hydrogen-bond acceptors (Lipinski definition) is 6. The number of amides is 1. The van der Waals surface area contributed by atoms with Crippen molar-refractivity contribution in [1.29, 1.82) is 0 Å². The maximum absolute atomic E-state index is 13.2. The number of carbonyl (C=O) groups is 2. The number of fused-ring (bicyclic) bond motifs is 1. The van der Waals surface area contributed by atoms with E-state index in [2.05, 4.69) is 4.98 Å². The second kappa shape index (κ2) is 8.26. The molecular weight excluding hydrogens is 444 g/mol. The van der Waals surface area contributed by atoms with E-state index in [4.69, 9.17) is 21.1 Å². The number of anilines is 1. The number of aromatic nitrogens is 1. The minimum Gasteiger partial charge on any atom is -0.507 e. The number of pyridine rings is 1. The maximum Gasteiger partial charge on any atom is 0.300 e. The Morgan fingerprint density at radius 1 is 1.06 bits per heavy atom. The molecule has 1 unspecified atom stereocenters. The van der Waals surface area contributed by atoms with Crippen LogP contribution in [-0.4, -0.2) is 35.0 Å². The van der Waals surface area contributed by atoms with Crippen molar-refractivity contribution in [3.63, 3.8) is 0 Å². The van der Waals surface area contributed by atoms with E-state index < -0.39 is 17.7 Å². The third-order valence-corrected chi connectivity index (χ3v) is 5.89. The molecule has 0 spiro atoms. The summed E-state index contributed by atoms with van der Waals surface area (Å²) in [6.45, 7) is 2.63. The molecule has 2 aliphatic heterocycles. The first kappa shape index (κ1) is 21.0. The minimum absolute atomic E-state index is 0.0604. The molecule has 0 saturated carbocycles. The number of ketones is 1. The average Bonchev–Trinajstić information content (AvgIpc) is 3.10. The van der Waals surface area contributed by atoms with Gasteiger partial charge in [0.15, 0.2) is 11.5 Å². The molecule has 1 atom stereocenters. The largest absolute Gasteiger partial charge is 0.507 e. The van der Waals surface area contributed by atoms with Crippen LogP contribution in [-0.2, 0) is 9.59 Å². The first-order chi connectivity index (χ1) is 16.0. The summed E-state index contributed by atoms with van der Waals surface area (Å²) in [6, 6.07) is 14.3. The van der Waals surface area contributed by atoms with Crippen molar-refractivity contribution in [2.45, 2.75) is 13.0 Å². The zero-order valence-corrected chi connectivity index (χ0v) is 18.4. The number of rotatable bonds is 3. The molecule has 8 heteroatoms. The summed E-state index contributed by atoms with van der Waals surface area (Å²) < 4.78 is 11.1. The fourth-order valence-corrected chi connectivity index (χ4v) is 4.25. The lowest BCUT2D eigenvalue weighted by molar-refractivity contribution is -0.132. The lowest BCUT2D eigenvalue weighted by atomic mass is 9.97. The van der Waals surface area contributed by atoms with Crippen LogP contribution < -0.4 is 14.4 Å². The number of nitrogens with zero attached hydrogens (tertiary/aromatic N) is 2. The van der Waals surface area contributed by atoms with Gasteiger partial charge in [0.25, 0.3) is 11.7 Å². The fraction of sp³-hybridized carbons (Fsp3) is 0.160.